The molecule has 3 rings (SSSR count). The molecule has 3 heterocycles. The van der Waals surface area contributed by atoms with E-state index in [1.54, 1.807) is 25.0 Å². The fraction of sp³-hybridized carbons (Fsp3) is 0.538. The lowest BCUT2D eigenvalue weighted by Crippen LogP contribution is -2.24. The molecule has 0 saturated carbocycles. The summed E-state index contributed by atoms with van der Waals surface area (Å²) in [4.78, 5) is 15.5. The van der Waals surface area contributed by atoms with Gasteiger partial charge in [-0.3, -0.25) is 0 Å². The Balaban J connectivity index is 1.87. The Labute approximate surface area is 123 Å². The van der Waals surface area contributed by atoms with Crippen molar-refractivity contribution >= 4 is 11.9 Å². The van der Waals surface area contributed by atoms with Crippen LogP contribution in [0.5, 0.6) is 0 Å². The van der Waals surface area contributed by atoms with Crippen LogP contribution in [0.15, 0.2) is 18.5 Å². The van der Waals surface area contributed by atoms with Gasteiger partial charge in [0.05, 0.1) is 6.61 Å². The fourth-order valence-electron chi connectivity index (χ4n) is 2.48. The summed E-state index contributed by atoms with van der Waals surface area (Å²) in [7, 11) is 3.53. The maximum absolute atomic E-state index is 5.23. The van der Waals surface area contributed by atoms with Gasteiger partial charge in [-0.1, -0.05) is 0 Å². The van der Waals surface area contributed by atoms with Crippen LogP contribution in [0.3, 0.4) is 0 Å². The molecule has 21 heavy (non-hydrogen) atoms. The minimum atomic E-state index is 0.518. The molecule has 1 aliphatic heterocycles. The number of rotatable bonds is 5. The summed E-state index contributed by atoms with van der Waals surface area (Å²) >= 11 is 0. The number of nitrogens with zero attached hydrogens (tertiary/aromatic N) is 6. The van der Waals surface area contributed by atoms with E-state index in [1.807, 2.05) is 12.3 Å². The van der Waals surface area contributed by atoms with Gasteiger partial charge in [0.15, 0.2) is 0 Å². The predicted molar refractivity (Wildman–Crippen MR) is 78.7 cm³/mol. The third kappa shape index (κ3) is 2.94. The molecule has 0 spiro atoms. The van der Waals surface area contributed by atoms with Crippen LogP contribution in [0.2, 0.25) is 0 Å². The van der Waals surface area contributed by atoms with Crippen molar-refractivity contribution < 1.29 is 4.74 Å². The van der Waals surface area contributed by atoms with Gasteiger partial charge in [0.25, 0.3) is 5.95 Å². The summed E-state index contributed by atoms with van der Waals surface area (Å²) in [5, 5.41) is 7.15. The van der Waals surface area contributed by atoms with E-state index in [4.69, 9.17) is 4.74 Å². The molecule has 1 unspecified atom stereocenters. The molecule has 2 aromatic heterocycles. The zero-order valence-corrected chi connectivity index (χ0v) is 12.2. The van der Waals surface area contributed by atoms with Gasteiger partial charge in [0.1, 0.15) is 0 Å². The summed E-state index contributed by atoms with van der Waals surface area (Å²) in [6, 6.07) is 1.84. The van der Waals surface area contributed by atoms with Crippen molar-refractivity contribution in [3.8, 4) is 5.95 Å². The molecular weight excluding hydrogens is 270 g/mol. The van der Waals surface area contributed by atoms with Gasteiger partial charge in [-0.05, 0) is 12.5 Å². The zero-order chi connectivity index (χ0) is 14.7. The van der Waals surface area contributed by atoms with E-state index in [0.717, 1.165) is 26.1 Å². The van der Waals surface area contributed by atoms with Crippen LogP contribution in [-0.4, -0.2) is 58.6 Å². The second-order valence-corrected chi connectivity index (χ2v) is 5.02. The van der Waals surface area contributed by atoms with Crippen LogP contribution in [0.25, 0.3) is 5.95 Å². The van der Waals surface area contributed by atoms with Gasteiger partial charge in [-0.25, -0.2) is 4.68 Å². The molecule has 1 N–H and O–H groups in total. The van der Waals surface area contributed by atoms with E-state index in [1.165, 1.54) is 0 Å². The molecule has 0 radical (unpaired) electrons. The molecule has 1 saturated heterocycles. The quantitative estimate of drug-likeness (QED) is 0.862. The van der Waals surface area contributed by atoms with Gasteiger partial charge in [0, 0.05) is 45.6 Å². The minimum absolute atomic E-state index is 0.518. The average Bonchev–Trinajstić information content (AvgIpc) is 3.18. The summed E-state index contributed by atoms with van der Waals surface area (Å²) in [5.41, 5.74) is 0. The largest absolute Gasteiger partial charge is 0.384 e. The van der Waals surface area contributed by atoms with E-state index in [2.05, 4.69) is 30.3 Å². The Morgan fingerprint density at radius 3 is 2.90 bits per heavy atom. The highest BCUT2D eigenvalue weighted by atomic mass is 16.5. The molecule has 0 aromatic carbocycles. The first-order chi connectivity index (χ1) is 10.3. The van der Waals surface area contributed by atoms with Gasteiger partial charge in [-0.2, -0.15) is 20.1 Å². The molecule has 8 nitrogen and oxygen atoms in total. The monoisotopic (exact) mass is 289 g/mol. The Morgan fingerprint density at radius 2 is 2.19 bits per heavy atom. The van der Waals surface area contributed by atoms with Crippen LogP contribution in [0.4, 0.5) is 11.9 Å². The zero-order valence-electron chi connectivity index (χ0n) is 12.2. The first-order valence-corrected chi connectivity index (χ1v) is 6.98. The number of methoxy groups -OCH3 is 1. The topological polar surface area (TPSA) is 81.0 Å². The van der Waals surface area contributed by atoms with Crippen molar-refractivity contribution in [3.05, 3.63) is 18.5 Å². The lowest BCUT2D eigenvalue weighted by Gasteiger charge is -2.17. The molecule has 0 aliphatic carbocycles. The second kappa shape index (κ2) is 6.04. The lowest BCUT2D eigenvalue weighted by molar-refractivity contribution is 0.161. The van der Waals surface area contributed by atoms with Crippen LogP contribution >= 0.6 is 0 Å². The number of ether oxygens (including phenoxy) is 1. The summed E-state index contributed by atoms with van der Waals surface area (Å²) in [5.74, 6) is 2.27. The van der Waals surface area contributed by atoms with E-state index in [9.17, 15) is 0 Å². The predicted octanol–water partition coefficient (Wildman–Crippen LogP) is 0.572. The van der Waals surface area contributed by atoms with Gasteiger partial charge in [0.2, 0.25) is 11.9 Å². The van der Waals surface area contributed by atoms with E-state index < -0.39 is 0 Å². The Morgan fingerprint density at radius 1 is 1.33 bits per heavy atom. The third-order valence-corrected chi connectivity index (χ3v) is 3.52. The van der Waals surface area contributed by atoms with Crippen LogP contribution in [0, 0.1) is 5.92 Å². The van der Waals surface area contributed by atoms with Gasteiger partial charge < -0.3 is 15.0 Å². The highest BCUT2D eigenvalue weighted by Crippen LogP contribution is 2.22. The lowest BCUT2D eigenvalue weighted by atomic mass is 10.1. The molecular formula is C13H19N7O. The molecule has 2 aromatic rings. The summed E-state index contributed by atoms with van der Waals surface area (Å²) in [6.45, 7) is 2.60. The second-order valence-electron chi connectivity index (χ2n) is 5.02. The molecule has 112 valence electrons. The van der Waals surface area contributed by atoms with Crippen LogP contribution in [-0.2, 0) is 4.74 Å². The van der Waals surface area contributed by atoms with Crippen LogP contribution < -0.4 is 10.2 Å². The molecule has 0 bridgehead atoms. The van der Waals surface area contributed by atoms with E-state index in [-0.39, 0.29) is 0 Å². The molecule has 1 atom stereocenters. The Bertz CT molecular complexity index is 586. The number of aromatic nitrogens is 5. The maximum Gasteiger partial charge on any atom is 0.257 e. The molecule has 1 fully saturated rings. The first-order valence-electron chi connectivity index (χ1n) is 6.98. The summed E-state index contributed by atoms with van der Waals surface area (Å²) < 4.78 is 6.86. The van der Waals surface area contributed by atoms with Crippen molar-refractivity contribution in [2.24, 2.45) is 5.92 Å². The molecule has 0 amide bonds. The third-order valence-electron chi connectivity index (χ3n) is 3.52. The highest BCUT2D eigenvalue weighted by Gasteiger charge is 2.25. The normalized spacial score (nSPS) is 18.2. The highest BCUT2D eigenvalue weighted by molar-refractivity contribution is 5.40. The van der Waals surface area contributed by atoms with Gasteiger partial charge in [-0.15, -0.1) is 0 Å². The smallest absolute Gasteiger partial charge is 0.257 e. The SMILES string of the molecule is CNc1nc(N2CCC(COC)C2)nc(-n2cccn2)n1. The number of nitrogens with one attached hydrogen (secondary N) is 1. The van der Waals surface area contributed by atoms with Crippen molar-refractivity contribution in [2.45, 2.75) is 6.42 Å². The summed E-state index contributed by atoms with van der Waals surface area (Å²) in [6.07, 6.45) is 4.61. The fourth-order valence-corrected chi connectivity index (χ4v) is 2.48. The van der Waals surface area contributed by atoms with E-state index >= 15 is 0 Å². The van der Waals surface area contributed by atoms with Crippen molar-refractivity contribution in [1.82, 2.24) is 24.7 Å². The van der Waals surface area contributed by atoms with Crippen molar-refractivity contribution in [1.29, 1.82) is 0 Å². The molecule has 8 heteroatoms. The number of hydrogen-bond donors (Lipinski definition) is 1. The standard InChI is InChI=1S/C13H19N7O/c1-14-11-16-12(19-7-4-10(8-19)9-21-2)18-13(17-11)20-6-3-5-15-20/h3,5-6,10H,4,7-9H2,1-2H3,(H,14,16,17,18). The van der Waals surface area contributed by atoms with Crippen molar-refractivity contribution in [2.75, 3.05) is 44.1 Å². The average molecular weight is 289 g/mol. The van der Waals surface area contributed by atoms with Crippen LogP contribution in [0.1, 0.15) is 6.42 Å². The Kier molecular flexibility index (Phi) is 3.96. The first kappa shape index (κ1) is 13.7. The maximum atomic E-state index is 5.23. The van der Waals surface area contributed by atoms with Gasteiger partial charge >= 0.3 is 0 Å². The van der Waals surface area contributed by atoms with Crippen molar-refractivity contribution in [3.63, 3.8) is 0 Å². The number of hydrogen-bond acceptors (Lipinski definition) is 7. The Hall–Kier alpha value is -2.22. The molecule has 1 aliphatic rings. The number of anilines is 2. The van der Waals surface area contributed by atoms with E-state index in [0.29, 0.717) is 23.8 Å². The minimum Gasteiger partial charge on any atom is -0.384 e.